The highest BCUT2D eigenvalue weighted by atomic mass is 32.1. The predicted octanol–water partition coefficient (Wildman–Crippen LogP) is 0.943. The minimum absolute atomic E-state index is 0.0473. The van der Waals surface area contributed by atoms with E-state index in [1.165, 1.54) is 12.1 Å². The van der Waals surface area contributed by atoms with Gasteiger partial charge in [-0.3, -0.25) is 14.4 Å². The number of nitrogens with one attached hydrogen (secondary N) is 4. The van der Waals surface area contributed by atoms with Gasteiger partial charge in [0.15, 0.2) is 0 Å². The zero-order valence-electron chi connectivity index (χ0n) is 22.0. The van der Waals surface area contributed by atoms with E-state index in [2.05, 4.69) is 46.5 Å². The molecular weight excluding hydrogens is 540 g/mol. The molecule has 0 fully saturated rings. The van der Waals surface area contributed by atoms with Crippen LogP contribution >= 0.6 is 25.3 Å². The van der Waals surface area contributed by atoms with Crippen molar-refractivity contribution in [3.63, 3.8) is 0 Å². The van der Waals surface area contributed by atoms with Crippen molar-refractivity contribution in [3.05, 3.63) is 65.7 Å². The van der Waals surface area contributed by atoms with Gasteiger partial charge in [0, 0.05) is 16.9 Å². The third kappa shape index (κ3) is 10.1. The van der Waals surface area contributed by atoms with Gasteiger partial charge in [-0.25, -0.2) is 4.79 Å². The number of hydrogen-bond acceptors (Lipinski definition) is 8. The fraction of sp³-hybridized carbons (Fsp3) is 0.407. The van der Waals surface area contributed by atoms with Gasteiger partial charge in [-0.2, -0.15) is 25.3 Å². The van der Waals surface area contributed by atoms with Crippen LogP contribution in [0.15, 0.2) is 54.6 Å². The summed E-state index contributed by atoms with van der Waals surface area (Å²) in [4.78, 5) is 51.2. The number of carbonyl (C=O) groups is 4. The largest absolute Gasteiger partial charge is 0.508 e. The lowest BCUT2D eigenvalue weighted by molar-refractivity contribution is -0.143. The molecular formula is C27H36N4O6S2. The molecule has 0 aliphatic heterocycles. The molecule has 0 spiro atoms. The summed E-state index contributed by atoms with van der Waals surface area (Å²) < 4.78 is -1.08. The van der Waals surface area contributed by atoms with E-state index in [-0.39, 0.29) is 17.9 Å². The highest BCUT2D eigenvalue weighted by Crippen LogP contribution is 2.18. The number of hydrogen-bond donors (Lipinski definition) is 8. The van der Waals surface area contributed by atoms with Crippen LogP contribution in [-0.4, -0.2) is 75.6 Å². The van der Waals surface area contributed by atoms with Crippen LogP contribution in [0.5, 0.6) is 5.75 Å². The maximum absolute atomic E-state index is 13.2. The molecule has 0 saturated carbocycles. The summed E-state index contributed by atoms with van der Waals surface area (Å²) in [5.41, 5.74) is 1.54. The number of likely N-dealkylation sites (N-methyl/N-ethyl adjacent to an activating group) is 1. The quantitative estimate of drug-likeness (QED) is 0.156. The molecule has 212 valence electrons. The first kappa shape index (κ1) is 32.0. The van der Waals surface area contributed by atoms with Crippen molar-refractivity contribution >= 4 is 48.9 Å². The predicted molar refractivity (Wildman–Crippen MR) is 155 cm³/mol. The molecule has 0 aromatic heterocycles. The van der Waals surface area contributed by atoms with E-state index in [9.17, 15) is 29.4 Å². The highest BCUT2D eigenvalue weighted by Gasteiger charge is 2.36. The molecule has 3 amide bonds. The Balaban J connectivity index is 2.17. The summed E-state index contributed by atoms with van der Waals surface area (Å²) in [7, 11) is 1.61. The maximum Gasteiger partial charge on any atom is 0.327 e. The Hall–Kier alpha value is -3.22. The van der Waals surface area contributed by atoms with Gasteiger partial charge in [-0.1, -0.05) is 42.5 Å². The van der Waals surface area contributed by atoms with Crippen molar-refractivity contribution < 1.29 is 29.4 Å². The zero-order chi connectivity index (χ0) is 29.2. The number of phenols is 1. The van der Waals surface area contributed by atoms with E-state index in [4.69, 9.17) is 0 Å². The first-order valence-corrected chi connectivity index (χ1v) is 13.4. The number of aromatic hydroxyl groups is 1. The second-order valence-electron chi connectivity index (χ2n) is 9.64. The molecule has 0 saturated heterocycles. The molecule has 0 heterocycles. The number of phenolic OH excluding ortho intramolecular Hbond substituents is 1. The Bertz CT molecular complexity index is 1130. The summed E-state index contributed by atoms with van der Waals surface area (Å²) in [5.74, 6) is -3.00. The lowest BCUT2D eigenvalue weighted by Crippen LogP contribution is -2.60. The van der Waals surface area contributed by atoms with Crippen molar-refractivity contribution in [2.24, 2.45) is 0 Å². The molecule has 12 heteroatoms. The SMILES string of the molecule is CN[C@@H](Cc1ccc(O)cc1)C(=O)N[C@H](CS)C(=O)N[C@@H](Cc1ccccc1)C(=O)N[C@@H](C(=O)O)C(C)(C)S. The van der Waals surface area contributed by atoms with Crippen molar-refractivity contribution in [2.45, 2.75) is 55.6 Å². The van der Waals surface area contributed by atoms with Crippen LogP contribution in [0.1, 0.15) is 25.0 Å². The zero-order valence-corrected chi connectivity index (χ0v) is 23.8. The van der Waals surface area contributed by atoms with E-state index in [1.807, 2.05) is 6.07 Å². The van der Waals surface area contributed by atoms with Gasteiger partial charge in [0.1, 0.15) is 23.9 Å². The Morgan fingerprint density at radius 3 is 1.79 bits per heavy atom. The van der Waals surface area contributed by atoms with Crippen molar-refractivity contribution in [3.8, 4) is 5.75 Å². The number of carboxylic acid groups (broad SMARTS) is 1. The Labute approximate surface area is 239 Å². The van der Waals surface area contributed by atoms with Gasteiger partial charge in [0.05, 0.1) is 6.04 Å². The Kier molecular flexibility index (Phi) is 12.1. The number of carboxylic acids is 1. The average Bonchev–Trinajstić information content (AvgIpc) is 2.88. The molecule has 0 aliphatic rings. The van der Waals surface area contributed by atoms with Crippen molar-refractivity contribution in [2.75, 3.05) is 12.8 Å². The molecule has 39 heavy (non-hydrogen) atoms. The van der Waals surface area contributed by atoms with Gasteiger partial charge in [-0.05, 0) is 50.6 Å². The van der Waals surface area contributed by atoms with Gasteiger partial charge < -0.3 is 31.5 Å². The van der Waals surface area contributed by atoms with Gasteiger partial charge in [0.25, 0.3) is 0 Å². The van der Waals surface area contributed by atoms with Crippen LogP contribution in [0.4, 0.5) is 0 Å². The van der Waals surface area contributed by atoms with Crippen molar-refractivity contribution in [1.29, 1.82) is 0 Å². The smallest absolute Gasteiger partial charge is 0.327 e. The maximum atomic E-state index is 13.2. The van der Waals surface area contributed by atoms with E-state index < -0.39 is 52.6 Å². The number of rotatable bonds is 14. The highest BCUT2D eigenvalue weighted by molar-refractivity contribution is 7.81. The number of aliphatic carboxylic acids is 1. The van der Waals surface area contributed by atoms with Crippen LogP contribution in [0.25, 0.3) is 0 Å². The van der Waals surface area contributed by atoms with Crippen LogP contribution in [0, 0.1) is 0 Å². The first-order valence-electron chi connectivity index (χ1n) is 12.3. The molecule has 0 radical (unpaired) electrons. The summed E-state index contributed by atoms with van der Waals surface area (Å²) in [6.45, 7) is 3.12. The number of amides is 3. The van der Waals surface area contributed by atoms with Crippen molar-refractivity contribution in [1.82, 2.24) is 21.3 Å². The minimum atomic E-state index is -1.32. The Morgan fingerprint density at radius 1 is 0.795 bits per heavy atom. The topological polar surface area (TPSA) is 157 Å². The molecule has 4 atom stereocenters. The normalized spacial score (nSPS) is 14.4. The third-order valence-electron chi connectivity index (χ3n) is 6.01. The lowest BCUT2D eigenvalue weighted by atomic mass is 10.0. The molecule has 6 N–H and O–H groups in total. The monoisotopic (exact) mass is 576 g/mol. The van der Waals surface area contributed by atoms with Gasteiger partial charge in [0.2, 0.25) is 17.7 Å². The van der Waals surface area contributed by atoms with E-state index in [0.717, 1.165) is 11.1 Å². The van der Waals surface area contributed by atoms with Crippen LogP contribution in [0.3, 0.4) is 0 Å². The molecule has 10 nitrogen and oxygen atoms in total. The minimum Gasteiger partial charge on any atom is -0.508 e. The summed E-state index contributed by atoms with van der Waals surface area (Å²) in [5, 5.41) is 29.8. The molecule has 2 rings (SSSR count). The van der Waals surface area contributed by atoms with Crippen LogP contribution < -0.4 is 21.3 Å². The first-order chi connectivity index (χ1) is 18.3. The fourth-order valence-corrected chi connectivity index (χ4v) is 4.21. The second kappa shape index (κ2) is 14.8. The summed E-state index contributed by atoms with van der Waals surface area (Å²) in [6.07, 6.45) is 0.392. The third-order valence-corrected chi connectivity index (χ3v) is 6.64. The van der Waals surface area contributed by atoms with Gasteiger partial charge >= 0.3 is 5.97 Å². The second-order valence-corrected chi connectivity index (χ2v) is 11.2. The number of carbonyl (C=O) groups excluding carboxylic acids is 3. The summed E-state index contributed by atoms with van der Waals surface area (Å²) >= 11 is 8.52. The molecule has 0 bridgehead atoms. The van der Waals surface area contributed by atoms with E-state index >= 15 is 0 Å². The van der Waals surface area contributed by atoms with E-state index in [1.54, 1.807) is 57.3 Å². The van der Waals surface area contributed by atoms with Crippen LogP contribution in [0.2, 0.25) is 0 Å². The molecule has 2 aromatic rings. The standard InChI is InChI=1S/C27H36N4O6S2/c1-27(2,39)22(26(36)37)31-24(34)20(14-16-7-5-4-6-8-16)29-25(35)21(15-38)30-23(33)19(28-3)13-17-9-11-18(32)12-10-17/h4-12,19-22,28,32,38-39H,13-15H2,1-3H3,(H,29,35)(H,30,33)(H,31,34)(H,36,37)/t19-,20-,21+,22-/m0/s1. The molecule has 2 aromatic carbocycles. The lowest BCUT2D eigenvalue weighted by Gasteiger charge is -2.29. The van der Waals surface area contributed by atoms with Gasteiger partial charge in [-0.15, -0.1) is 0 Å². The fourth-order valence-electron chi connectivity index (χ4n) is 3.77. The molecule has 0 unspecified atom stereocenters. The number of thiol groups is 2. The molecule has 0 aliphatic carbocycles. The average molecular weight is 577 g/mol. The van der Waals surface area contributed by atoms with E-state index in [0.29, 0.717) is 6.42 Å². The number of benzene rings is 2. The Morgan fingerprint density at radius 2 is 1.28 bits per heavy atom. The van der Waals surface area contributed by atoms with Crippen LogP contribution in [-0.2, 0) is 32.0 Å². The summed E-state index contributed by atoms with van der Waals surface area (Å²) in [6, 6.07) is 11.2.